The van der Waals surface area contributed by atoms with Gasteiger partial charge in [0.2, 0.25) is 0 Å². The molecule has 4 aromatic carbocycles. The van der Waals surface area contributed by atoms with E-state index in [4.69, 9.17) is 0 Å². The van der Waals surface area contributed by atoms with Crippen LogP contribution in [0.4, 0.5) is 10.1 Å². The van der Waals surface area contributed by atoms with Crippen LogP contribution in [0, 0.1) is 17.1 Å². The minimum Gasteiger partial charge on any atom is -0.347 e. The lowest BCUT2D eigenvalue weighted by Crippen LogP contribution is -2.39. The number of hydrogen-bond acceptors (Lipinski definition) is 2. The van der Waals surface area contributed by atoms with Gasteiger partial charge in [0.05, 0.1) is 25.7 Å². The summed E-state index contributed by atoms with van der Waals surface area (Å²) in [4.78, 5) is 13.4. The van der Waals surface area contributed by atoms with Crippen LogP contribution in [-0.2, 0) is 19.6 Å². The first-order valence-electron chi connectivity index (χ1n) is 12.8. The van der Waals surface area contributed by atoms with E-state index in [1.807, 2.05) is 34.9 Å². The Morgan fingerprint density at radius 1 is 0.872 bits per heavy atom. The van der Waals surface area contributed by atoms with Crippen molar-refractivity contribution < 1.29 is 9.18 Å². The van der Waals surface area contributed by atoms with Crippen molar-refractivity contribution in [1.29, 1.82) is 5.26 Å². The predicted octanol–water partition coefficient (Wildman–Crippen LogP) is 6.40. The molecule has 0 spiro atoms. The van der Waals surface area contributed by atoms with E-state index in [0.717, 1.165) is 23.2 Å². The fraction of sp³-hybridized carbons (Fsp3) is 0.152. The van der Waals surface area contributed by atoms with Crippen LogP contribution in [0.1, 0.15) is 32.7 Å². The van der Waals surface area contributed by atoms with Crippen LogP contribution in [-0.4, -0.2) is 24.6 Å². The highest BCUT2D eigenvalue weighted by Crippen LogP contribution is 2.24. The monoisotopic (exact) mass is 517 g/mol. The number of nitriles is 1. The molecule has 194 valence electrons. The van der Waals surface area contributed by atoms with Crippen LogP contribution in [0.25, 0.3) is 10.9 Å². The van der Waals surface area contributed by atoms with E-state index in [2.05, 4.69) is 61.9 Å². The summed E-state index contributed by atoms with van der Waals surface area (Å²) in [6, 6.07) is 34.4. The van der Waals surface area contributed by atoms with Crippen LogP contribution in [0.3, 0.4) is 0 Å². The van der Waals surface area contributed by atoms with E-state index in [1.165, 1.54) is 23.4 Å². The number of nitrogens with zero attached hydrogens (tertiary/aromatic N) is 3. The van der Waals surface area contributed by atoms with Gasteiger partial charge < -0.3 is 9.88 Å². The summed E-state index contributed by atoms with van der Waals surface area (Å²) >= 11 is 0. The molecular weight excluding hydrogens is 487 g/mol. The Bertz CT molecular complexity index is 1660. The largest absolute Gasteiger partial charge is 0.347 e. The summed E-state index contributed by atoms with van der Waals surface area (Å²) in [6.45, 7) is 1.63. The van der Waals surface area contributed by atoms with Crippen molar-refractivity contribution in [2.24, 2.45) is 0 Å². The average Bonchev–Trinajstić information content (AvgIpc) is 3.29. The summed E-state index contributed by atoms with van der Waals surface area (Å²) < 4.78 is 16.5. The minimum atomic E-state index is -0.355. The smallest absolute Gasteiger partial charge is 0.268 e. The highest BCUT2D eigenvalue weighted by molar-refractivity contribution is 5.98. The fourth-order valence-electron chi connectivity index (χ4n) is 4.94. The number of aromatic nitrogens is 1. The average molecular weight is 518 g/mol. The van der Waals surface area contributed by atoms with Crippen LogP contribution in [0.15, 0.2) is 103 Å². The number of halogens is 1. The Morgan fingerprint density at radius 2 is 1.62 bits per heavy atom. The lowest BCUT2D eigenvalue weighted by atomic mass is 10.1. The number of carbonyl (C=O) groups is 1. The molecule has 0 atom stereocenters. The molecule has 0 aliphatic rings. The molecule has 1 N–H and O–H groups in total. The summed E-state index contributed by atoms with van der Waals surface area (Å²) in [7, 11) is 4.36. The van der Waals surface area contributed by atoms with E-state index >= 15 is 0 Å². The van der Waals surface area contributed by atoms with Crippen molar-refractivity contribution >= 4 is 22.5 Å². The topological polar surface area (TPSA) is 57.8 Å². The Balaban J connectivity index is 1.33. The van der Waals surface area contributed by atoms with Gasteiger partial charge >= 0.3 is 0 Å². The number of quaternary nitrogens is 1. The number of nitrogens with one attached hydrogen (secondary N) is 1. The normalized spacial score (nSPS) is 11.3. The van der Waals surface area contributed by atoms with Crippen molar-refractivity contribution in [2.75, 3.05) is 14.1 Å². The summed E-state index contributed by atoms with van der Waals surface area (Å²) in [5.74, 6) is -0.598. The summed E-state index contributed by atoms with van der Waals surface area (Å²) in [6.07, 6.45) is 0. The maximum atomic E-state index is 14.0. The molecule has 0 bridgehead atoms. The second-order valence-electron chi connectivity index (χ2n) is 10.3. The van der Waals surface area contributed by atoms with E-state index in [9.17, 15) is 14.4 Å². The zero-order chi connectivity index (χ0) is 27.4. The third-order valence-electron chi connectivity index (χ3n) is 7.00. The fourth-order valence-corrected chi connectivity index (χ4v) is 4.94. The molecule has 0 fully saturated rings. The summed E-state index contributed by atoms with van der Waals surface area (Å²) in [5, 5.41) is 13.0. The predicted molar refractivity (Wildman–Crippen MR) is 154 cm³/mol. The molecule has 0 aliphatic carbocycles. The van der Waals surface area contributed by atoms with E-state index < -0.39 is 0 Å². The van der Waals surface area contributed by atoms with Crippen LogP contribution < -0.4 is 9.80 Å². The van der Waals surface area contributed by atoms with Gasteiger partial charge in [-0.15, -0.1) is 0 Å². The minimum absolute atomic E-state index is 0.243. The van der Waals surface area contributed by atoms with Crippen LogP contribution >= 0.6 is 0 Å². The lowest BCUT2D eigenvalue weighted by Gasteiger charge is -2.29. The third-order valence-corrected chi connectivity index (χ3v) is 7.00. The highest BCUT2D eigenvalue weighted by atomic mass is 19.1. The molecule has 1 aromatic heterocycles. The first kappa shape index (κ1) is 25.9. The van der Waals surface area contributed by atoms with Crippen molar-refractivity contribution in [2.45, 2.75) is 19.6 Å². The molecule has 0 unspecified atom stereocenters. The molecule has 0 radical (unpaired) electrons. The quantitative estimate of drug-likeness (QED) is 0.242. The molecule has 6 heteroatoms. The van der Waals surface area contributed by atoms with Gasteiger partial charge in [0.25, 0.3) is 5.91 Å². The van der Waals surface area contributed by atoms with Crippen LogP contribution in [0.5, 0.6) is 0 Å². The zero-order valence-corrected chi connectivity index (χ0v) is 22.1. The highest BCUT2D eigenvalue weighted by Gasteiger charge is 2.20. The Kier molecular flexibility index (Phi) is 7.27. The second kappa shape index (κ2) is 10.9. The Morgan fingerprint density at radius 3 is 2.36 bits per heavy atom. The molecular formula is C33H30FN4O+. The molecule has 1 amide bonds. The number of carbonyl (C=O) groups excluding carboxylic acids is 1. The number of rotatable bonds is 8. The van der Waals surface area contributed by atoms with Crippen molar-refractivity contribution in [3.8, 4) is 6.07 Å². The first-order chi connectivity index (χ1) is 18.8. The molecule has 0 saturated heterocycles. The summed E-state index contributed by atoms with van der Waals surface area (Å²) in [5.41, 5.74) is 6.07. The molecule has 0 saturated carbocycles. The third kappa shape index (κ3) is 5.90. The van der Waals surface area contributed by atoms with E-state index in [1.54, 1.807) is 24.3 Å². The Labute approximate surface area is 227 Å². The molecule has 39 heavy (non-hydrogen) atoms. The number of fused-ring (bicyclic) bond motifs is 1. The van der Waals surface area contributed by atoms with Crippen molar-refractivity contribution in [3.63, 3.8) is 0 Å². The van der Waals surface area contributed by atoms with Gasteiger partial charge in [-0.2, -0.15) is 5.26 Å². The maximum absolute atomic E-state index is 14.0. The number of hydrogen-bond donors (Lipinski definition) is 1. The standard InChI is InChI=1S/C33H29FN4O/c1-38(2,23-25-7-4-3-5-8-25)30-14-11-24(12-15-30)21-36-33(39)32-19-28-18-29(34)13-16-31(28)37(32)22-27-10-6-9-26(17-27)20-35/h3-19H,21-23H2,1-2H3/p+1. The first-order valence-corrected chi connectivity index (χ1v) is 12.8. The lowest BCUT2D eigenvalue weighted by molar-refractivity contribution is 0.0942. The molecule has 5 rings (SSSR count). The number of benzene rings is 4. The number of amides is 1. The molecule has 0 aliphatic heterocycles. The van der Waals surface area contributed by atoms with Crippen LogP contribution in [0.2, 0.25) is 0 Å². The molecule has 5 aromatic rings. The van der Waals surface area contributed by atoms with Gasteiger partial charge in [0, 0.05) is 29.6 Å². The van der Waals surface area contributed by atoms with Crippen molar-refractivity contribution in [1.82, 2.24) is 14.4 Å². The zero-order valence-electron chi connectivity index (χ0n) is 22.1. The van der Waals surface area contributed by atoms with Crippen molar-refractivity contribution in [3.05, 3.63) is 137 Å². The second-order valence-corrected chi connectivity index (χ2v) is 10.3. The van der Waals surface area contributed by atoms with E-state index in [-0.39, 0.29) is 11.7 Å². The van der Waals surface area contributed by atoms with Gasteiger partial charge in [-0.25, -0.2) is 4.39 Å². The molecule has 1 heterocycles. The Hall–Kier alpha value is -4.73. The van der Waals surface area contributed by atoms with E-state index in [0.29, 0.717) is 34.2 Å². The maximum Gasteiger partial charge on any atom is 0.268 e. The van der Waals surface area contributed by atoms with Gasteiger partial charge in [0.15, 0.2) is 0 Å². The molecule has 5 nitrogen and oxygen atoms in total. The van der Waals surface area contributed by atoms with Gasteiger partial charge in [0.1, 0.15) is 23.7 Å². The SMILES string of the molecule is C[N+](C)(Cc1ccccc1)c1ccc(CNC(=O)c2cc3cc(F)ccc3n2Cc2cccc(C#N)c2)cc1. The van der Waals surface area contributed by atoms with Gasteiger partial charge in [-0.3, -0.25) is 9.28 Å². The van der Waals surface area contributed by atoms with Gasteiger partial charge in [-0.1, -0.05) is 54.6 Å². The van der Waals surface area contributed by atoms with Gasteiger partial charge in [-0.05, 0) is 59.7 Å².